The van der Waals surface area contributed by atoms with Crippen molar-refractivity contribution in [3.8, 4) is 0 Å². The summed E-state index contributed by atoms with van der Waals surface area (Å²) in [6.45, 7) is -0.0692. The van der Waals surface area contributed by atoms with Crippen LogP contribution in [0, 0.1) is 0 Å². The van der Waals surface area contributed by atoms with Gasteiger partial charge in [-0.1, -0.05) is 0 Å². The second kappa shape index (κ2) is 4.85. The Bertz CT molecular complexity index is 359. The van der Waals surface area contributed by atoms with Crippen LogP contribution >= 0.6 is 9.31 Å². The molecule has 0 spiro atoms. The fourth-order valence-corrected chi connectivity index (χ4v) is 7.13. The van der Waals surface area contributed by atoms with E-state index >= 15 is 0 Å². The minimum atomic E-state index is -0.147. The molecule has 1 aromatic carbocycles. The van der Waals surface area contributed by atoms with Crippen molar-refractivity contribution in [2.45, 2.75) is 0 Å². The van der Waals surface area contributed by atoms with E-state index < -0.39 is 0 Å². The van der Waals surface area contributed by atoms with E-state index in [9.17, 15) is 5.11 Å². The maximum atomic E-state index is 10.6. The van der Waals surface area contributed by atoms with E-state index in [1.165, 1.54) is 4.46 Å². The van der Waals surface area contributed by atoms with E-state index in [-0.39, 0.29) is 15.9 Å². The van der Waals surface area contributed by atoms with Crippen LogP contribution < -0.4 is 4.46 Å². The molecule has 3 heteroatoms. The van der Waals surface area contributed by atoms with Crippen LogP contribution in [0.4, 0.5) is 0 Å². The van der Waals surface area contributed by atoms with Gasteiger partial charge in [0.1, 0.15) is 0 Å². The number of hydrogen-bond donors (Lipinski definition) is 1. The molecule has 0 saturated carbocycles. The Hall–Kier alpha value is -0.471. The molecule has 1 aromatic rings. The van der Waals surface area contributed by atoms with Crippen molar-refractivity contribution in [3.05, 3.63) is 52.8 Å². The van der Waals surface area contributed by atoms with E-state index in [4.69, 9.17) is 0 Å². The van der Waals surface area contributed by atoms with E-state index in [2.05, 4.69) is 35.1 Å². The van der Waals surface area contributed by atoms with Gasteiger partial charge in [-0.25, -0.2) is 0 Å². The predicted molar refractivity (Wildman–Crippen MR) is 63.6 cm³/mol. The van der Waals surface area contributed by atoms with Gasteiger partial charge in [-0.2, -0.15) is 0 Å². The average molecular weight is 270 g/mol. The number of rotatable bonds is 3. The molecule has 1 heterocycles. The summed E-state index contributed by atoms with van der Waals surface area (Å²) in [6.07, 6.45) is 1.99. The van der Waals surface area contributed by atoms with Crippen molar-refractivity contribution in [2.75, 3.05) is 6.61 Å². The summed E-state index contributed by atoms with van der Waals surface area (Å²) in [5, 5.41) is 15.0. The standard InChI is InChI=1S/C11H11OSSe/c12-8-10-6-7-13(9-10)14-11-4-2-1-3-5-11/h1-7,9,13H,8H2. The first kappa shape index (κ1) is 10.1. The Balaban J connectivity index is 2.01. The van der Waals surface area contributed by atoms with Gasteiger partial charge >= 0.3 is 92.1 Å². The zero-order valence-corrected chi connectivity index (χ0v) is 10.2. The van der Waals surface area contributed by atoms with Crippen molar-refractivity contribution < 1.29 is 5.11 Å². The molecular formula is C11H11OSSe. The zero-order chi connectivity index (χ0) is 9.80. The molecule has 73 valence electrons. The molecule has 0 fully saturated rings. The van der Waals surface area contributed by atoms with Crippen LogP contribution in [0.1, 0.15) is 0 Å². The summed E-state index contributed by atoms with van der Waals surface area (Å²) in [6, 6.07) is 10.5. The van der Waals surface area contributed by atoms with E-state index in [0.717, 1.165) is 5.57 Å². The molecule has 0 aromatic heterocycles. The molecule has 1 unspecified atom stereocenters. The third-order valence-electron chi connectivity index (χ3n) is 1.85. The molecule has 1 aliphatic rings. The molecule has 14 heavy (non-hydrogen) atoms. The molecule has 2 rings (SSSR count). The Labute approximate surface area is 92.1 Å². The zero-order valence-electron chi connectivity index (χ0n) is 7.59. The molecule has 0 amide bonds. The van der Waals surface area contributed by atoms with Gasteiger partial charge in [-0.3, -0.25) is 0 Å². The molecule has 1 nitrogen and oxygen atoms in total. The van der Waals surface area contributed by atoms with Gasteiger partial charge < -0.3 is 0 Å². The Morgan fingerprint density at radius 1 is 1.21 bits per heavy atom. The van der Waals surface area contributed by atoms with Crippen LogP contribution in [-0.2, 0) is 5.11 Å². The molecule has 1 radical (unpaired) electrons. The summed E-state index contributed by atoms with van der Waals surface area (Å²) in [7, 11) is -0.147. The van der Waals surface area contributed by atoms with E-state index in [1.807, 2.05) is 12.1 Å². The maximum absolute atomic E-state index is 10.6. The van der Waals surface area contributed by atoms with E-state index in [1.54, 1.807) is 0 Å². The Kier molecular flexibility index (Phi) is 3.49. The van der Waals surface area contributed by atoms with Crippen LogP contribution in [0.2, 0.25) is 0 Å². The van der Waals surface area contributed by atoms with Crippen molar-refractivity contribution in [2.24, 2.45) is 0 Å². The van der Waals surface area contributed by atoms with Gasteiger partial charge in [0, 0.05) is 0 Å². The normalized spacial score (nSPS) is 22.4. The first-order valence-electron chi connectivity index (χ1n) is 4.37. The van der Waals surface area contributed by atoms with Crippen LogP contribution in [0.3, 0.4) is 0 Å². The van der Waals surface area contributed by atoms with Gasteiger partial charge in [0.05, 0.1) is 0 Å². The van der Waals surface area contributed by atoms with Gasteiger partial charge in [0.15, 0.2) is 0 Å². The van der Waals surface area contributed by atoms with Gasteiger partial charge in [-0.05, 0) is 0 Å². The number of benzene rings is 1. The Morgan fingerprint density at radius 2 is 2.00 bits per heavy atom. The summed E-state index contributed by atoms with van der Waals surface area (Å²) in [4.78, 5) is 0. The van der Waals surface area contributed by atoms with Gasteiger partial charge in [0.2, 0.25) is 0 Å². The molecule has 1 aliphatic heterocycles. The first-order chi connectivity index (χ1) is 6.88. The summed E-state index contributed by atoms with van der Waals surface area (Å²) >= 11 is 0.490. The monoisotopic (exact) mass is 271 g/mol. The second-order valence-electron chi connectivity index (χ2n) is 2.93. The van der Waals surface area contributed by atoms with Crippen molar-refractivity contribution in [1.82, 2.24) is 0 Å². The minimum absolute atomic E-state index is 0.0692. The first-order valence-corrected chi connectivity index (χ1v) is 8.92. The third kappa shape index (κ3) is 2.52. The molecule has 0 bridgehead atoms. The average Bonchev–Trinajstić information content (AvgIpc) is 2.67. The van der Waals surface area contributed by atoms with Crippen LogP contribution in [0.5, 0.6) is 0 Å². The summed E-state index contributed by atoms with van der Waals surface area (Å²) in [5.74, 6) is 0. The molecular weight excluding hydrogens is 259 g/mol. The number of thiol groups is 1. The van der Waals surface area contributed by atoms with E-state index in [0.29, 0.717) is 13.8 Å². The fraction of sp³-hybridized carbons (Fsp3) is 0.0909. The fourth-order valence-electron chi connectivity index (χ4n) is 1.16. The van der Waals surface area contributed by atoms with Crippen LogP contribution in [0.25, 0.3) is 0 Å². The summed E-state index contributed by atoms with van der Waals surface area (Å²) in [5.41, 5.74) is 0.967. The van der Waals surface area contributed by atoms with Crippen LogP contribution in [0.15, 0.2) is 52.8 Å². The van der Waals surface area contributed by atoms with Crippen molar-refractivity contribution in [1.29, 1.82) is 0 Å². The SMILES string of the molecule is [O]CC1=C[SH]([Se]c2ccccc2)C=C1. The van der Waals surface area contributed by atoms with Crippen molar-refractivity contribution in [3.63, 3.8) is 0 Å². The van der Waals surface area contributed by atoms with Crippen LogP contribution in [-0.4, -0.2) is 20.4 Å². The topological polar surface area (TPSA) is 19.9 Å². The summed E-state index contributed by atoms with van der Waals surface area (Å²) < 4.78 is 1.42. The molecule has 0 N–H and O–H groups in total. The molecule has 0 saturated heterocycles. The Morgan fingerprint density at radius 3 is 2.64 bits per heavy atom. The third-order valence-corrected chi connectivity index (χ3v) is 7.95. The van der Waals surface area contributed by atoms with Gasteiger partial charge in [-0.15, -0.1) is 0 Å². The number of hydrogen-bond acceptors (Lipinski definition) is 0. The predicted octanol–water partition coefficient (Wildman–Crippen LogP) is 1.77. The van der Waals surface area contributed by atoms with Gasteiger partial charge in [0.25, 0.3) is 0 Å². The second-order valence-corrected chi connectivity index (χ2v) is 9.18. The van der Waals surface area contributed by atoms with Crippen molar-refractivity contribution >= 4 is 27.6 Å². The molecule has 0 aliphatic carbocycles. The molecule has 1 atom stereocenters. The quantitative estimate of drug-likeness (QED) is 0.638.